The lowest BCUT2D eigenvalue weighted by Gasteiger charge is -2.14. The number of unbranched alkanes of at least 4 members (excludes halogenated alkanes) is 8. The summed E-state index contributed by atoms with van der Waals surface area (Å²) in [6.07, 6.45) is 16.4. The zero-order valence-corrected chi connectivity index (χ0v) is 15.2. The van der Waals surface area contributed by atoms with E-state index < -0.39 is 0 Å². The second-order valence-electron chi connectivity index (χ2n) is 5.99. The molecule has 0 aliphatic carbocycles. The van der Waals surface area contributed by atoms with Crippen molar-refractivity contribution in [3.05, 3.63) is 12.3 Å². The highest BCUT2D eigenvalue weighted by Crippen LogP contribution is 2.10. The van der Waals surface area contributed by atoms with Crippen LogP contribution in [0, 0.1) is 0 Å². The van der Waals surface area contributed by atoms with Crippen molar-refractivity contribution >= 4 is 5.91 Å². The van der Waals surface area contributed by atoms with Crippen molar-refractivity contribution in [3.63, 3.8) is 0 Å². The predicted molar refractivity (Wildman–Crippen MR) is 96.9 cm³/mol. The highest BCUT2D eigenvalue weighted by Gasteiger charge is 1.99. The van der Waals surface area contributed by atoms with Crippen LogP contribution in [0.2, 0.25) is 0 Å². The van der Waals surface area contributed by atoms with Crippen LogP contribution in [0.15, 0.2) is 12.3 Å². The molecular formula is C19H38N2O. The Morgan fingerprint density at radius 3 is 1.95 bits per heavy atom. The molecule has 3 nitrogen and oxygen atoms in total. The molecule has 0 spiro atoms. The number of nitrogens with one attached hydrogen (secondary N) is 1. The topological polar surface area (TPSA) is 32.3 Å². The van der Waals surface area contributed by atoms with Crippen LogP contribution in [0.25, 0.3) is 0 Å². The van der Waals surface area contributed by atoms with Crippen molar-refractivity contribution in [1.29, 1.82) is 0 Å². The lowest BCUT2D eigenvalue weighted by atomic mass is 10.1. The largest absolute Gasteiger partial charge is 0.378 e. The minimum atomic E-state index is 0.187. The van der Waals surface area contributed by atoms with Crippen molar-refractivity contribution in [2.75, 3.05) is 19.6 Å². The van der Waals surface area contributed by atoms with Crippen LogP contribution in [0.3, 0.4) is 0 Å². The molecule has 0 unspecified atom stereocenters. The minimum absolute atomic E-state index is 0.187. The average Bonchev–Trinajstić information content (AvgIpc) is 2.53. The second kappa shape index (κ2) is 16.4. The van der Waals surface area contributed by atoms with Gasteiger partial charge in [-0.15, -0.1) is 0 Å². The monoisotopic (exact) mass is 310 g/mol. The molecule has 130 valence electrons. The maximum absolute atomic E-state index is 11.7. The molecule has 0 heterocycles. The number of hydrogen-bond donors (Lipinski definition) is 1. The Hall–Kier alpha value is -0.990. The molecule has 0 fully saturated rings. The first kappa shape index (κ1) is 21.0. The van der Waals surface area contributed by atoms with Gasteiger partial charge in [-0.1, -0.05) is 58.3 Å². The molecule has 3 heteroatoms. The van der Waals surface area contributed by atoms with E-state index in [9.17, 15) is 4.79 Å². The molecule has 0 rings (SSSR count). The van der Waals surface area contributed by atoms with Crippen LogP contribution < -0.4 is 5.32 Å². The van der Waals surface area contributed by atoms with E-state index in [1.165, 1.54) is 51.4 Å². The fourth-order valence-corrected chi connectivity index (χ4v) is 2.49. The van der Waals surface area contributed by atoms with Crippen molar-refractivity contribution in [3.8, 4) is 0 Å². The number of carbonyl (C=O) groups excluding carboxylic acids is 1. The van der Waals surface area contributed by atoms with Gasteiger partial charge in [-0.25, -0.2) is 0 Å². The lowest BCUT2D eigenvalue weighted by molar-refractivity contribution is -0.121. The third-order valence-corrected chi connectivity index (χ3v) is 4.05. The molecule has 0 saturated carbocycles. The van der Waals surface area contributed by atoms with E-state index in [1.807, 2.05) is 6.08 Å². The van der Waals surface area contributed by atoms with Gasteiger partial charge in [0.25, 0.3) is 0 Å². The standard InChI is InChI=1S/C19H38N2O/c1-4-7-8-9-10-11-12-13-14-16-19(22)20-17-15-18-21(5-2)6-3/h15,18H,4-14,16-17H2,1-3H3,(H,20,22). The molecule has 1 amide bonds. The molecule has 0 aromatic rings. The summed E-state index contributed by atoms with van der Waals surface area (Å²) in [7, 11) is 0. The number of hydrogen-bond acceptors (Lipinski definition) is 2. The van der Waals surface area contributed by atoms with Crippen LogP contribution in [0.5, 0.6) is 0 Å². The Labute approximate surface area is 138 Å². The maximum atomic E-state index is 11.7. The zero-order chi connectivity index (χ0) is 16.5. The van der Waals surface area contributed by atoms with Crippen LogP contribution in [0.1, 0.15) is 85.0 Å². The quantitative estimate of drug-likeness (QED) is 0.437. The van der Waals surface area contributed by atoms with Gasteiger partial charge in [-0.3, -0.25) is 4.79 Å². The Kier molecular flexibility index (Phi) is 15.6. The summed E-state index contributed by atoms with van der Waals surface area (Å²) in [5.74, 6) is 0.187. The van der Waals surface area contributed by atoms with E-state index in [2.05, 4.69) is 37.2 Å². The highest BCUT2D eigenvalue weighted by atomic mass is 16.1. The van der Waals surface area contributed by atoms with Gasteiger partial charge in [0, 0.05) is 26.1 Å². The van der Waals surface area contributed by atoms with Gasteiger partial charge in [-0.2, -0.15) is 0 Å². The zero-order valence-electron chi connectivity index (χ0n) is 15.2. The molecule has 0 aromatic heterocycles. The fourth-order valence-electron chi connectivity index (χ4n) is 2.49. The average molecular weight is 311 g/mol. The molecule has 0 aliphatic rings. The van der Waals surface area contributed by atoms with Gasteiger partial charge in [0.2, 0.25) is 5.91 Å². The lowest BCUT2D eigenvalue weighted by Crippen LogP contribution is -2.23. The Morgan fingerprint density at radius 1 is 0.864 bits per heavy atom. The summed E-state index contributed by atoms with van der Waals surface area (Å²) in [4.78, 5) is 13.9. The van der Waals surface area contributed by atoms with Crippen LogP contribution >= 0.6 is 0 Å². The maximum Gasteiger partial charge on any atom is 0.220 e. The molecule has 0 aromatic carbocycles. The van der Waals surface area contributed by atoms with E-state index >= 15 is 0 Å². The summed E-state index contributed by atoms with van der Waals surface area (Å²) in [6.45, 7) is 9.20. The summed E-state index contributed by atoms with van der Waals surface area (Å²) in [6, 6.07) is 0. The molecule has 22 heavy (non-hydrogen) atoms. The molecule has 0 atom stereocenters. The van der Waals surface area contributed by atoms with Gasteiger partial charge >= 0.3 is 0 Å². The first-order valence-electron chi connectivity index (χ1n) is 9.41. The summed E-state index contributed by atoms with van der Waals surface area (Å²) < 4.78 is 0. The molecular weight excluding hydrogens is 272 g/mol. The van der Waals surface area contributed by atoms with Crippen molar-refractivity contribution in [2.45, 2.75) is 85.0 Å². The number of nitrogens with zero attached hydrogens (tertiary/aromatic N) is 1. The number of amides is 1. The van der Waals surface area contributed by atoms with Crippen molar-refractivity contribution in [1.82, 2.24) is 10.2 Å². The van der Waals surface area contributed by atoms with E-state index in [1.54, 1.807) is 0 Å². The summed E-state index contributed by atoms with van der Waals surface area (Å²) >= 11 is 0. The summed E-state index contributed by atoms with van der Waals surface area (Å²) in [5.41, 5.74) is 0. The first-order valence-corrected chi connectivity index (χ1v) is 9.41. The minimum Gasteiger partial charge on any atom is -0.378 e. The predicted octanol–water partition coefficient (Wildman–Crippen LogP) is 4.88. The van der Waals surface area contributed by atoms with Crippen molar-refractivity contribution in [2.24, 2.45) is 0 Å². The Bertz CT molecular complexity index is 273. The van der Waals surface area contributed by atoms with E-state index in [4.69, 9.17) is 0 Å². The van der Waals surface area contributed by atoms with Crippen molar-refractivity contribution < 1.29 is 4.79 Å². The third kappa shape index (κ3) is 14.0. The molecule has 1 N–H and O–H groups in total. The molecule has 0 aliphatic heterocycles. The SMILES string of the molecule is CCCCCCCCCCCC(=O)NCC=CN(CC)CC. The fraction of sp³-hybridized carbons (Fsp3) is 0.842. The third-order valence-electron chi connectivity index (χ3n) is 4.05. The number of carbonyl (C=O) groups is 1. The van der Waals surface area contributed by atoms with Crippen LogP contribution in [-0.2, 0) is 4.79 Å². The second-order valence-corrected chi connectivity index (χ2v) is 5.99. The van der Waals surface area contributed by atoms with Gasteiger partial charge in [-0.05, 0) is 32.5 Å². The van der Waals surface area contributed by atoms with E-state index in [-0.39, 0.29) is 5.91 Å². The first-order chi connectivity index (χ1) is 10.7. The molecule has 0 radical (unpaired) electrons. The van der Waals surface area contributed by atoms with E-state index in [0.29, 0.717) is 13.0 Å². The number of rotatable bonds is 15. The van der Waals surface area contributed by atoms with Gasteiger partial charge in [0.05, 0.1) is 0 Å². The van der Waals surface area contributed by atoms with Gasteiger partial charge in [0.15, 0.2) is 0 Å². The Morgan fingerprint density at radius 2 is 1.41 bits per heavy atom. The smallest absolute Gasteiger partial charge is 0.220 e. The van der Waals surface area contributed by atoms with Gasteiger partial charge < -0.3 is 10.2 Å². The molecule has 0 bridgehead atoms. The molecule has 0 saturated heterocycles. The normalized spacial score (nSPS) is 11.0. The highest BCUT2D eigenvalue weighted by molar-refractivity contribution is 5.75. The Balaban J connectivity index is 3.36. The van der Waals surface area contributed by atoms with Crippen LogP contribution in [0.4, 0.5) is 0 Å². The van der Waals surface area contributed by atoms with E-state index in [0.717, 1.165) is 19.5 Å². The van der Waals surface area contributed by atoms with Crippen LogP contribution in [-0.4, -0.2) is 30.4 Å². The van der Waals surface area contributed by atoms with Gasteiger partial charge in [0.1, 0.15) is 0 Å². The summed E-state index contributed by atoms with van der Waals surface area (Å²) in [5, 5.41) is 2.96.